The molecule has 3 aromatic carbocycles. The lowest BCUT2D eigenvalue weighted by molar-refractivity contribution is -0.384. The Labute approximate surface area is 188 Å². The molecule has 0 radical (unpaired) electrons. The number of nitro benzene ring substituents is 1. The van der Waals surface area contributed by atoms with E-state index >= 15 is 0 Å². The van der Waals surface area contributed by atoms with Gasteiger partial charge in [-0.1, -0.05) is 30.3 Å². The van der Waals surface area contributed by atoms with Crippen molar-refractivity contribution in [1.82, 2.24) is 0 Å². The zero-order valence-electron chi connectivity index (χ0n) is 17.0. The predicted molar refractivity (Wildman–Crippen MR) is 124 cm³/mol. The van der Waals surface area contributed by atoms with Gasteiger partial charge in [0.2, 0.25) is 0 Å². The molecule has 0 saturated carbocycles. The summed E-state index contributed by atoms with van der Waals surface area (Å²) >= 11 is 2.16. The first-order valence-corrected chi connectivity index (χ1v) is 10.5. The van der Waals surface area contributed by atoms with E-state index in [1.54, 1.807) is 12.1 Å². The summed E-state index contributed by atoms with van der Waals surface area (Å²) in [6.45, 7) is 5.78. The Morgan fingerprint density at radius 2 is 1.77 bits per heavy atom. The number of benzene rings is 3. The van der Waals surface area contributed by atoms with E-state index in [0.29, 0.717) is 17.7 Å². The zero-order chi connectivity index (χ0) is 21.9. The topological polar surface area (TPSA) is 78.7 Å². The SMILES string of the molecule is CC(C)(C)OC(=O)Cc1cc(OCc2ccccc2)c2cc([N+](=O)[O-])ccc2c1I. The highest BCUT2D eigenvalue weighted by Crippen LogP contribution is 2.36. The van der Waals surface area contributed by atoms with Gasteiger partial charge in [0.25, 0.3) is 5.69 Å². The van der Waals surface area contributed by atoms with E-state index in [4.69, 9.17) is 9.47 Å². The van der Waals surface area contributed by atoms with Crippen molar-refractivity contribution in [1.29, 1.82) is 0 Å². The average molecular weight is 519 g/mol. The highest BCUT2D eigenvalue weighted by atomic mass is 127. The number of nitrogens with zero attached hydrogens (tertiary/aromatic N) is 1. The molecule has 0 aliphatic heterocycles. The fourth-order valence-electron chi connectivity index (χ4n) is 3.03. The lowest BCUT2D eigenvalue weighted by Crippen LogP contribution is -2.25. The number of fused-ring (bicyclic) bond motifs is 1. The van der Waals surface area contributed by atoms with Crippen LogP contribution in [0.5, 0.6) is 5.75 Å². The molecule has 0 N–H and O–H groups in total. The van der Waals surface area contributed by atoms with E-state index in [0.717, 1.165) is 20.1 Å². The van der Waals surface area contributed by atoms with Gasteiger partial charge in [-0.2, -0.15) is 0 Å². The normalized spacial score (nSPS) is 11.3. The number of hydrogen-bond acceptors (Lipinski definition) is 5. The van der Waals surface area contributed by atoms with Gasteiger partial charge in [0, 0.05) is 21.1 Å². The summed E-state index contributed by atoms with van der Waals surface area (Å²) in [6, 6.07) is 16.1. The number of hydrogen-bond donors (Lipinski definition) is 0. The molecule has 0 aromatic heterocycles. The van der Waals surface area contributed by atoms with E-state index in [-0.39, 0.29) is 18.1 Å². The zero-order valence-corrected chi connectivity index (χ0v) is 19.1. The number of ether oxygens (including phenoxy) is 2. The summed E-state index contributed by atoms with van der Waals surface area (Å²) in [5.74, 6) is 0.159. The van der Waals surface area contributed by atoms with Crippen LogP contribution in [0.1, 0.15) is 31.9 Å². The standard InChI is InChI=1S/C23H22INO5/c1-23(2,3)30-21(26)12-16-11-20(29-14-15-7-5-4-6-8-15)19-13-17(25(27)28)9-10-18(19)22(16)24/h4-11,13H,12,14H2,1-3H3. The Hall–Kier alpha value is -2.68. The third-order valence-electron chi connectivity index (χ3n) is 4.30. The van der Waals surface area contributed by atoms with Gasteiger partial charge in [0.15, 0.2) is 0 Å². The van der Waals surface area contributed by atoms with Gasteiger partial charge in [-0.05, 0) is 72.0 Å². The minimum absolute atomic E-state index is 0.0113. The van der Waals surface area contributed by atoms with Crippen molar-refractivity contribution in [3.63, 3.8) is 0 Å². The van der Waals surface area contributed by atoms with Crippen LogP contribution in [0.4, 0.5) is 5.69 Å². The number of nitro groups is 1. The predicted octanol–water partition coefficient (Wildman–Crippen LogP) is 5.82. The molecule has 0 aliphatic carbocycles. The first-order valence-electron chi connectivity index (χ1n) is 9.42. The fraction of sp³-hybridized carbons (Fsp3) is 0.261. The summed E-state index contributed by atoms with van der Waals surface area (Å²) in [5, 5.41) is 12.7. The maximum Gasteiger partial charge on any atom is 0.310 e. The minimum Gasteiger partial charge on any atom is -0.488 e. The van der Waals surface area contributed by atoms with Gasteiger partial charge in [-0.3, -0.25) is 14.9 Å². The molecule has 0 fully saturated rings. The second-order valence-corrected chi connectivity index (χ2v) is 8.95. The van der Waals surface area contributed by atoms with Crippen molar-refractivity contribution >= 4 is 45.0 Å². The third-order valence-corrected chi connectivity index (χ3v) is 5.57. The summed E-state index contributed by atoms with van der Waals surface area (Å²) in [5.41, 5.74) is 1.15. The molecule has 7 heteroatoms. The van der Waals surface area contributed by atoms with E-state index < -0.39 is 10.5 Å². The maximum atomic E-state index is 12.4. The maximum absolute atomic E-state index is 12.4. The molecule has 0 atom stereocenters. The van der Waals surface area contributed by atoms with Crippen LogP contribution in [0.3, 0.4) is 0 Å². The van der Waals surface area contributed by atoms with E-state index in [1.165, 1.54) is 12.1 Å². The molecule has 30 heavy (non-hydrogen) atoms. The number of carbonyl (C=O) groups is 1. The van der Waals surface area contributed by atoms with Crippen LogP contribution in [-0.2, 0) is 22.6 Å². The second kappa shape index (κ2) is 8.99. The molecular formula is C23H22INO5. The molecule has 3 aromatic rings. The number of esters is 1. The van der Waals surface area contributed by atoms with Crippen LogP contribution in [-0.4, -0.2) is 16.5 Å². The molecule has 3 rings (SSSR count). The van der Waals surface area contributed by atoms with Crippen molar-refractivity contribution < 1.29 is 19.2 Å². The van der Waals surface area contributed by atoms with E-state index in [9.17, 15) is 14.9 Å². The molecule has 0 unspecified atom stereocenters. The van der Waals surface area contributed by atoms with Crippen LogP contribution in [0.15, 0.2) is 54.6 Å². The fourth-order valence-corrected chi connectivity index (χ4v) is 3.85. The van der Waals surface area contributed by atoms with Crippen molar-refractivity contribution in [2.75, 3.05) is 0 Å². The van der Waals surface area contributed by atoms with E-state index in [2.05, 4.69) is 22.6 Å². The summed E-state index contributed by atoms with van der Waals surface area (Å²) in [4.78, 5) is 23.2. The van der Waals surface area contributed by atoms with Crippen molar-refractivity contribution in [3.8, 4) is 5.75 Å². The molecule has 0 spiro atoms. The second-order valence-electron chi connectivity index (χ2n) is 7.87. The Kier molecular flexibility index (Phi) is 6.60. The molecular weight excluding hydrogens is 497 g/mol. The molecule has 6 nitrogen and oxygen atoms in total. The average Bonchev–Trinajstić information content (AvgIpc) is 2.68. The molecule has 0 saturated heterocycles. The van der Waals surface area contributed by atoms with Crippen LogP contribution >= 0.6 is 22.6 Å². The highest BCUT2D eigenvalue weighted by molar-refractivity contribution is 14.1. The molecule has 0 heterocycles. The van der Waals surface area contributed by atoms with Gasteiger partial charge in [0.05, 0.1) is 11.3 Å². The number of halogens is 1. The van der Waals surface area contributed by atoms with Crippen LogP contribution < -0.4 is 4.74 Å². The van der Waals surface area contributed by atoms with Crippen LogP contribution in [0, 0.1) is 13.7 Å². The number of non-ortho nitro benzene ring substituents is 1. The molecule has 156 valence electrons. The van der Waals surface area contributed by atoms with Crippen molar-refractivity contribution in [3.05, 3.63) is 79.4 Å². The van der Waals surface area contributed by atoms with Gasteiger partial charge >= 0.3 is 5.97 Å². The Balaban J connectivity index is 2.02. The van der Waals surface area contributed by atoms with Crippen molar-refractivity contribution in [2.45, 2.75) is 39.4 Å². The lowest BCUT2D eigenvalue weighted by Gasteiger charge is -2.20. The molecule has 0 bridgehead atoms. The smallest absolute Gasteiger partial charge is 0.310 e. The largest absolute Gasteiger partial charge is 0.488 e. The summed E-state index contributed by atoms with van der Waals surface area (Å²) in [7, 11) is 0. The van der Waals surface area contributed by atoms with E-state index in [1.807, 2.05) is 51.1 Å². The third kappa shape index (κ3) is 5.47. The molecule has 0 aliphatic rings. The molecule has 0 amide bonds. The van der Waals surface area contributed by atoms with Crippen LogP contribution in [0.2, 0.25) is 0 Å². The summed E-state index contributed by atoms with van der Waals surface area (Å²) in [6.07, 6.45) is 0.0875. The Morgan fingerprint density at radius 3 is 2.40 bits per heavy atom. The Morgan fingerprint density at radius 1 is 1.07 bits per heavy atom. The van der Waals surface area contributed by atoms with Gasteiger partial charge < -0.3 is 9.47 Å². The minimum atomic E-state index is -0.577. The first kappa shape index (κ1) is 22.0. The lowest BCUT2D eigenvalue weighted by atomic mass is 10.0. The van der Waals surface area contributed by atoms with Gasteiger partial charge in [-0.15, -0.1) is 0 Å². The Bertz CT molecular complexity index is 1090. The van der Waals surface area contributed by atoms with Crippen molar-refractivity contribution in [2.24, 2.45) is 0 Å². The monoisotopic (exact) mass is 519 g/mol. The van der Waals surface area contributed by atoms with Gasteiger partial charge in [-0.25, -0.2) is 0 Å². The summed E-state index contributed by atoms with van der Waals surface area (Å²) < 4.78 is 12.3. The highest BCUT2D eigenvalue weighted by Gasteiger charge is 2.20. The number of carbonyl (C=O) groups excluding carboxylic acids is 1. The number of rotatable bonds is 6. The van der Waals surface area contributed by atoms with Gasteiger partial charge in [0.1, 0.15) is 18.0 Å². The quantitative estimate of drug-likeness (QED) is 0.178. The first-order chi connectivity index (χ1) is 14.1. The van der Waals surface area contributed by atoms with Crippen LogP contribution in [0.25, 0.3) is 10.8 Å².